The van der Waals surface area contributed by atoms with E-state index in [2.05, 4.69) is 20.1 Å². The summed E-state index contributed by atoms with van der Waals surface area (Å²) >= 11 is 3.39. The third-order valence-corrected chi connectivity index (χ3v) is 4.88. The van der Waals surface area contributed by atoms with Crippen molar-refractivity contribution in [3.8, 4) is 0 Å². The molecule has 0 N–H and O–H groups in total. The Bertz CT molecular complexity index is 458. The quantitative estimate of drug-likeness (QED) is 0.497. The van der Waals surface area contributed by atoms with Gasteiger partial charge in [0.25, 0.3) is 10.1 Å². The van der Waals surface area contributed by atoms with Gasteiger partial charge in [0, 0.05) is 17.2 Å². The van der Waals surface area contributed by atoms with Crippen LogP contribution in [0.1, 0.15) is 27.7 Å². The van der Waals surface area contributed by atoms with E-state index in [-0.39, 0.29) is 18.3 Å². The van der Waals surface area contributed by atoms with Crippen molar-refractivity contribution in [2.24, 2.45) is 11.8 Å². The van der Waals surface area contributed by atoms with Crippen LogP contribution in [0.15, 0.2) is 0 Å². The van der Waals surface area contributed by atoms with Gasteiger partial charge in [0.15, 0.2) is 11.6 Å². The minimum atomic E-state index is -3.36. The molecule has 7 nitrogen and oxygen atoms in total. The summed E-state index contributed by atoms with van der Waals surface area (Å²) in [5.74, 6) is -0.425. The molecule has 0 saturated carbocycles. The highest BCUT2D eigenvalue weighted by molar-refractivity contribution is 9.09. The Labute approximate surface area is 153 Å². The lowest BCUT2D eigenvalue weighted by Crippen LogP contribution is -2.40. The van der Waals surface area contributed by atoms with Gasteiger partial charge in [-0.15, -0.1) is 0 Å². The molecule has 0 spiro atoms. The van der Waals surface area contributed by atoms with Gasteiger partial charge in [0.05, 0.1) is 39.3 Å². The van der Waals surface area contributed by atoms with E-state index < -0.39 is 15.9 Å². The lowest BCUT2D eigenvalue weighted by Gasteiger charge is -2.34. The van der Waals surface area contributed by atoms with Gasteiger partial charge in [-0.3, -0.25) is 4.18 Å². The molecule has 2 rings (SSSR count). The fourth-order valence-corrected chi connectivity index (χ4v) is 2.67. The van der Waals surface area contributed by atoms with Crippen LogP contribution in [0.2, 0.25) is 0 Å². The van der Waals surface area contributed by atoms with E-state index in [1.165, 1.54) is 0 Å². The van der Waals surface area contributed by atoms with E-state index in [4.69, 9.17) is 18.9 Å². The first-order valence-corrected chi connectivity index (χ1v) is 10.8. The molecule has 0 radical (unpaired) electrons. The third-order valence-electron chi connectivity index (χ3n) is 3.40. The number of rotatable bonds is 4. The Hall–Kier alpha value is 0.230. The van der Waals surface area contributed by atoms with Gasteiger partial charge in [-0.2, -0.15) is 8.42 Å². The minimum Gasteiger partial charge on any atom is -0.350 e. The fraction of sp³-hybridized carbons (Fsp3) is 1.00. The fourth-order valence-electron chi connectivity index (χ4n) is 1.86. The molecule has 0 aromatic carbocycles. The summed E-state index contributed by atoms with van der Waals surface area (Å²) in [6.45, 7) is 10.2. The van der Waals surface area contributed by atoms with Crippen molar-refractivity contribution >= 4 is 26.0 Å². The molecular weight excluding hydrogens is 404 g/mol. The Balaban J connectivity index is 0.000000254. The van der Waals surface area contributed by atoms with E-state index in [0.29, 0.717) is 19.1 Å². The average molecular weight is 433 g/mol. The zero-order valence-corrected chi connectivity index (χ0v) is 17.4. The highest BCUT2D eigenvalue weighted by Crippen LogP contribution is 2.21. The van der Waals surface area contributed by atoms with Crippen molar-refractivity contribution in [3.63, 3.8) is 0 Å². The second-order valence-electron chi connectivity index (χ2n) is 6.92. The maximum atomic E-state index is 10.7. The second kappa shape index (κ2) is 9.25. The van der Waals surface area contributed by atoms with Crippen molar-refractivity contribution in [3.05, 3.63) is 0 Å². The molecule has 0 atom stereocenters. The molecule has 0 aliphatic carbocycles. The molecule has 0 aromatic heterocycles. The summed E-state index contributed by atoms with van der Waals surface area (Å²) in [4.78, 5) is 0. The molecule has 9 heteroatoms. The predicted octanol–water partition coefficient (Wildman–Crippen LogP) is 2.14. The van der Waals surface area contributed by atoms with Crippen molar-refractivity contribution in [2.45, 2.75) is 39.3 Å². The maximum Gasteiger partial charge on any atom is 0.264 e. The van der Waals surface area contributed by atoms with Crippen molar-refractivity contribution in [1.29, 1.82) is 0 Å². The van der Waals surface area contributed by atoms with Gasteiger partial charge in [0.2, 0.25) is 0 Å². The maximum absolute atomic E-state index is 10.7. The van der Waals surface area contributed by atoms with Gasteiger partial charge >= 0.3 is 0 Å². The summed E-state index contributed by atoms with van der Waals surface area (Å²) in [5, 5.41) is 0.961. The summed E-state index contributed by atoms with van der Waals surface area (Å²) in [6.07, 6.45) is 1.03. The smallest absolute Gasteiger partial charge is 0.264 e. The van der Waals surface area contributed by atoms with E-state index >= 15 is 0 Å². The lowest BCUT2D eigenvalue weighted by atomic mass is 10.1. The summed E-state index contributed by atoms with van der Waals surface area (Å²) in [6, 6.07) is 0. The van der Waals surface area contributed by atoms with Crippen LogP contribution in [0.4, 0.5) is 0 Å². The molecular formula is C15H29BrO7S. The van der Waals surface area contributed by atoms with Crippen molar-refractivity contribution in [2.75, 3.05) is 44.6 Å². The van der Waals surface area contributed by atoms with Crippen LogP contribution in [-0.2, 0) is 33.2 Å². The zero-order valence-electron chi connectivity index (χ0n) is 15.0. The number of halogens is 1. The first-order chi connectivity index (χ1) is 10.9. The predicted molar refractivity (Wildman–Crippen MR) is 93.5 cm³/mol. The molecule has 24 heavy (non-hydrogen) atoms. The number of hydrogen-bond donors (Lipinski definition) is 0. The summed E-state index contributed by atoms with van der Waals surface area (Å²) in [5.41, 5.74) is 0. The molecule has 2 fully saturated rings. The van der Waals surface area contributed by atoms with E-state index in [9.17, 15) is 8.42 Å². The second-order valence-corrected chi connectivity index (χ2v) is 9.21. The first-order valence-electron chi connectivity index (χ1n) is 7.88. The summed E-state index contributed by atoms with van der Waals surface area (Å²) in [7, 11) is -3.36. The standard InChI is InChI=1S/C8H16O5S.C7H13BrO2/c1-8(2)11-4-7(5-12-8)6-13-14(3,9)10;1-7(2)9-4-6(3-8)5-10-7/h7H,4-6H2,1-3H3;6H,3-5H2,1-2H3. The van der Waals surface area contributed by atoms with E-state index in [1.54, 1.807) is 0 Å². The first kappa shape index (κ1) is 22.3. The normalized spacial score (nSPS) is 24.9. The van der Waals surface area contributed by atoms with Crippen molar-refractivity contribution < 1.29 is 31.5 Å². The van der Waals surface area contributed by atoms with Gasteiger partial charge < -0.3 is 18.9 Å². The number of alkyl halides is 1. The third kappa shape index (κ3) is 9.65. The van der Waals surface area contributed by atoms with Gasteiger partial charge in [-0.05, 0) is 27.7 Å². The van der Waals surface area contributed by atoms with Crippen LogP contribution in [0.25, 0.3) is 0 Å². The van der Waals surface area contributed by atoms with Crippen LogP contribution in [0, 0.1) is 11.8 Å². The largest absolute Gasteiger partial charge is 0.350 e. The molecule has 0 unspecified atom stereocenters. The van der Waals surface area contributed by atoms with E-state index in [0.717, 1.165) is 24.8 Å². The zero-order chi connectivity index (χ0) is 18.4. The molecule has 0 amide bonds. The molecule has 2 aliphatic rings. The Morgan fingerprint density at radius 3 is 1.62 bits per heavy atom. The Kier molecular flexibility index (Phi) is 8.58. The van der Waals surface area contributed by atoms with Gasteiger partial charge in [-0.1, -0.05) is 15.9 Å². The topological polar surface area (TPSA) is 80.3 Å². The molecule has 2 aliphatic heterocycles. The average Bonchev–Trinajstić information content (AvgIpc) is 2.46. The minimum absolute atomic E-state index is 0.0160. The summed E-state index contributed by atoms with van der Waals surface area (Å²) < 4.78 is 47.6. The monoisotopic (exact) mass is 432 g/mol. The van der Waals surface area contributed by atoms with Crippen LogP contribution in [0.3, 0.4) is 0 Å². The number of hydrogen-bond acceptors (Lipinski definition) is 7. The molecule has 2 heterocycles. The van der Waals surface area contributed by atoms with Gasteiger partial charge in [0.1, 0.15) is 0 Å². The van der Waals surface area contributed by atoms with Crippen LogP contribution in [-0.4, -0.2) is 64.6 Å². The van der Waals surface area contributed by atoms with Crippen LogP contribution < -0.4 is 0 Å². The van der Waals surface area contributed by atoms with E-state index in [1.807, 2.05) is 27.7 Å². The highest BCUT2D eigenvalue weighted by atomic mass is 79.9. The molecule has 0 aromatic rings. The van der Waals surface area contributed by atoms with Crippen LogP contribution >= 0.6 is 15.9 Å². The van der Waals surface area contributed by atoms with Gasteiger partial charge in [-0.25, -0.2) is 0 Å². The molecule has 2 saturated heterocycles. The molecule has 144 valence electrons. The van der Waals surface area contributed by atoms with Crippen molar-refractivity contribution in [1.82, 2.24) is 0 Å². The Morgan fingerprint density at radius 1 is 0.917 bits per heavy atom. The lowest BCUT2D eigenvalue weighted by molar-refractivity contribution is -0.264. The Morgan fingerprint density at radius 2 is 1.29 bits per heavy atom. The highest BCUT2D eigenvalue weighted by Gasteiger charge is 2.29. The molecule has 0 bridgehead atoms. The number of ether oxygens (including phenoxy) is 4. The van der Waals surface area contributed by atoms with Crippen LogP contribution in [0.5, 0.6) is 0 Å². The SMILES string of the molecule is CC1(C)OCC(CBr)CO1.CC1(C)OCC(COS(C)(=O)=O)CO1.